The van der Waals surface area contributed by atoms with Gasteiger partial charge in [0.1, 0.15) is 22.7 Å². The summed E-state index contributed by atoms with van der Waals surface area (Å²) in [5.41, 5.74) is 3.99. The van der Waals surface area contributed by atoms with Crippen molar-refractivity contribution in [1.29, 1.82) is 0 Å². The van der Waals surface area contributed by atoms with Gasteiger partial charge in [0.15, 0.2) is 0 Å². The van der Waals surface area contributed by atoms with Gasteiger partial charge in [0.05, 0.1) is 0 Å². The van der Waals surface area contributed by atoms with Crippen molar-refractivity contribution in [2.24, 2.45) is 0 Å². The van der Waals surface area contributed by atoms with Gasteiger partial charge < -0.3 is 8.83 Å². The second-order valence-corrected chi connectivity index (χ2v) is 7.00. The molecule has 6 rings (SSSR count). The summed E-state index contributed by atoms with van der Waals surface area (Å²) in [6.45, 7) is 0. The summed E-state index contributed by atoms with van der Waals surface area (Å²) in [6.07, 6.45) is 0. The first-order chi connectivity index (χ1) is 13.9. The van der Waals surface area contributed by atoms with E-state index in [0.29, 0.717) is 0 Å². The first-order valence-corrected chi connectivity index (χ1v) is 9.36. The molecule has 0 unspecified atom stereocenters. The monoisotopic (exact) mass is 360 g/mol. The quantitative estimate of drug-likeness (QED) is 0.317. The van der Waals surface area contributed by atoms with E-state index >= 15 is 0 Å². The van der Waals surface area contributed by atoms with E-state index in [4.69, 9.17) is 8.83 Å². The first-order valence-electron chi connectivity index (χ1n) is 9.36. The molecule has 28 heavy (non-hydrogen) atoms. The average molecular weight is 360 g/mol. The molecule has 0 amide bonds. The molecule has 0 fully saturated rings. The Kier molecular flexibility index (Phi) is 3.20. The lowest BCUT2D eigenvalue weighted by atomic mass is 9.97. The van der Waals surface area contributed by atoms with Crippen molar-refractivity contribution in [3.8, 4) is 22.6 Å². The Morgan fingerprint density at radius 3 is 1.32 bits per heavy atom. The molecule has 0 saturated carbocycles. The van der Waals surface area contributed by atoms with Crippen LogP contribution in [0.2, 0.25) is 0 Å². The standard InChI is InChI=1S/C26H16O2/c1-5-11-23-17(7-1)15-25(27-23)21-13-14-22(20-10-4-3-9-19(20)21)26-16-18-8-2-6-12-24(18)28-26/h1-16H. The first kappa shape index (κ1) is 15.3. The van der Waals surface area contributed by atoms with Crippen LogP contribution in [0.4, 0.5) is 0 Å². The van der Waals surface area contributed by atoms with Crippen molar-refractivity contribution in [3.63, 3.8) is 0 Å². The van der Waals surface area contributed by atoms with Crippen LogP contribution in [-0.2, 0) is 0 Å². The van der Waals surface area contributed by atoms with E-state index in [1.54, 1.807) is 0 Å². The molecule has 0 N–H and O–H groups in total. The summed E-state index contributed by atoms with van der Waals surface area (Å²) in [7, 11) is 0. The molecule has 0 bridgehead atoms. The zero-order valence-electron chi connectivity index (χ0n) is 15.1. The Morgan fingerprint density at radius 1 is 0.429 bits per heavy atom. The van der Waals surface area contributed by atoms with Crippen LogP contribution >= 0.6 is 0 Å². The summed E-state index contributed by atoms with van der Waals surface area (Å²) < 4.78 is 12.3. The van der Waals surface area contributed by atoms with Gasteiger partial charge in [-0.25, -0.2) is 0 Å². The van der Waals surface area contributed by atoms with Crippen molar-refractivity contribution in [2.75, 3.05) is 0 Å². The molecule has 0 atom stereocenters. The maximum absolute atomic E-state index is 6.13. The number of hydrogen-bond acceptors (Lipinski definition) is 2. The van der Waals surface area contributed by atoms with E-state index in [1.807, 2.05) is 36.4 Å². The van der Waals surface area contributed by atoms with Crippen molar-refractivity contribution >= 4 is 32.7 Å². The summed E-state index contributed by atoms with van der Waals surface area (Å²) in [6, 6.07) is 33.1. The largest absolute Gasteiger partial charge is 0.456 e. The predicted molar refractivity (Wildman–Crippen MR) is 114 cm³/mol. The highest BCUT2D eigenvalue weighted by Crippen LogP contribution is 2.39. The van der Waals surface area contributed by atoms with Crippen LogP contribution in [0.5, 0.6) is 0 Å². The smallest absolute Gasteiger partial charge is 0.136 e. The van der Waals surface area contributed by atoms with E-state index in [1.165, 1.54) is 0 Å². The van der Waals surface area contributed by atoms with Crippen LogP contribution in [0.25, 0.3) is 55.4 Å². The fourth-order valence-electron chi connectivity index (χ4n) is 3.96. The minimum atomic E-state index is 0.883. The number of furan rings is 2. The summed E-state index contributed by atoms with van der Waals surface area (Å²) in [5, 5.41) is 4.53. The normalized spacial score (nSPS) is 11.6. The minimum absolute atomic E-state index is 0.883. The summed E-state index contributed by atoms with van der Waals surface area (Å²) in [5.74, 6) is 1.77. The maximum atomic E-state index is 6.13. The third kappa shape index (κ3) is 2.28. The van der Waals surface area contributed by atoms with Crippen LogP contribution in [0, 0.1) is 0 Å². The highest BCUT2D eigenvalue weighted by Gasteiger charge is 2.14. The molecule has 0 aliphatic rings. The average Bonchev–Trinajstić information content (AvgIpc) is 3.37. The number of benzene rings is 4. The van der Waals surface area contributed by atoms with Crippen LogP contribution in [-0.4, -0.2) is 0 Å². The Morgan fingerprint density at radius 2 is 0.857 bits per heavy atom. The zero-order chi connectivity index (χ0) is 18.5. The van der Waals surface area contributed by atoms with Gasteiger partial charge in [-0.3, -0.25) is 0 Å². The number of rotatable bonds is 2. The van der Waals surface area contributed by atoms with Crippen LogP contribution in [0.15, 0.2) is 106 Å². The van der Waals surface area contributed by atoms with Gasteiger partial charge in [0.2, 0.25) is 0 Å². The van der Waals surface area contributed by atoms with Gasteiger partial charge in [-0.15, -0.1) is 0 Å². The molecule has 0 radical (unpaired) electrons. The fourth-order valence-corrected chi connectivity index (χ4v) is 3.96. The third-order valence-corrected chi connectivity index (χ3v) is 5.31. The Hall–Kier alpha value is -3.78. The van der Waals surface area contributed by atoms with E-state index in [9.17, 15) is 0 Å². The van der Waals surface area contributed by atoms with Crippen molar-refractivity contribution in [2.45, 2.75) is 0 Å². The molecule has 0 spiro atoms. The molecule has 0 aliphatic carbocycles. The van der Waals surface area contributed by atoms with Gasteiger partial charge >= 0.3 is 0 Å². The van der Waals surface area contributed by atoms with E-state index in [2.05, 4.69) is 60.7 Å². The summed E-state index contributed by atoms with van der Waals surface area (Å²) >= 11 is 0. The van der Waals surface area contributed by atoms with E-state index in [0.717, 1.165) is 55.4 Å². The molecule has 2 heterocycles. The lowest BCUT2D eigenvalue weighted by Crippen LogP contribution is -1.83. The zero-order valence-corrected chi connectivity index (χ0v) is 15.1. The van der Waals surface area contributed by atoms with Crippen LogP contribution < -0.4 is 0 Å². The molecular weight excluding hydrogens is 344 g/mol. The second kappa shape index (κ2) is 5.86. The lowest BCUT2D eigenvalue weighted by molar-refractivity contribution is 0.630. The lowest BCUT2D eigenvalue weighted by Gasteiger charge is -2.08. The maximum Gasteiger partial charge on any atom is 0.136 e. The van der Waals surface area contributed by atoms with E-state index < -0.39 is 0 Å². The fraction of sp³-hybridized carbons (Fsp3) is 0. The van der Waals surface area contributed by atoms with Gasteiger partial charge in [-0.1, -0.05) is 60.7 Å². The second-order valence-electron chi connectivity index (χ2n) is 7.00. The molecule has 0 aliphatic heterocycles. The Bertz CT molecular complexity index is 1290. The Balaban J connectivity index is 1.60. The number of para-hydroxylation sites is 2. The van der Waals surface area contributed by atoms with Gasteiger partial charge in [-0.2, -0.15) is 0 Å². The SMILES string of the molecule is c1ccc2oc(-c3ccc(-c4cc5ccccc5o4)c4ccccc34)cc2c1. The molecule has 6 aromatic rings. The van der Waals surface area contributed by atoms with E-state index in [-0.39, 0.29) is 0 Å². The van der Waals surface area contributed by atoms with Crippen LogP contribution in [0.1, 0.15) is 0 Å². The molecule has 132 valence electrons. The van der Waals surface area contributed by atoms with Crippen molar-refractivity contribution in [1.82, 2.24) is 0 Å². The minimum Gasteiger partial charge on any atom is -0.456 e. The molecule has 4 aromatic carbocycles. The summed E-state index contributed by atoms with van der Waals surface area (Å²) in [4.78, 5) is 0. The van der Waals surface area contributed by atoms with Crippen molar-refractivity contribution in [3.05, 3.63) is 97.1 Å². The Labute approximate surface area is 161 Å². The number of fused-ring (bicyclic) bond motifs is 3. The molecule has 2 heteroatoms. The van der Waals surface area contributed by atoms with Crippen LogP contribution in [0.3, 0.4) is 0 Å². The molecule has 2 nitrogen and oxygen atoms in total. The topological polar surface area (TPSA) is 26.3 Å². The number of hydrogen-bond donors (Lipinski definition) is 0. The van der Waals surface area contributed by atoms with Gasteiger partial charge in [0.25, 0.3) is 0 Å². The van der Waals surface area contributed by atoms with Crippen molar-refractivity contribution < 1.29 is 8.83 Å². The molecule has 0 saturated heterocycles. The molecule has 2 aromatic heterocycles. The third-order valence-electron chi connectivity index (χ3n) is 5.31. The highest BCUT2D eigenvalue weighted by molar-refractivity contribution is 6.05. The highest BCUT2D eigenvalue weighted by atomic mass is 16.3. The van der Waals surface area contributed by atoms with Gasteiger partial charge in [-0.05, 0) is 47.2 Å². The molecular formula is C26H16O2. The van der Waals surface area contributed by atoms with Gasteiger partial charge in [0, 0.05) is 21.9 Å². The predicted octanol–water partition coefficient (Wildman–Crippen LogP) is 7.67.